The van der Waals surface area contributed by atoms with Crippen molar-refractivity contribution in [2.24, 2.45) is 0 Å². The fraction of sp³-hybridized carbons (Fsp3) is 0.500. The highest BCUT2D eigenvalue weighted by Gasteiger charge is 2.18. The van der Waals surface area contributed by atoms with Crippen LogP contribution in [0.2, 0.25) is 0 Å². The van der Waals surface area contributed by atoms with Gasteiger partial charge in [-0.15, -0.1) is 0 Å². The van der Waals surface area contributed by atoms with E-state index < -0.39 is 11.4 Å². The molecule has 1 rings (SSSR count). The van der Waals surface area contributed by atoms with Gasteiger partial charge in [0.15, 0.2) is 5.78 Å². The number of carbonyl (C=O) groups excluding carboxylic acids is 1. The first-order chi connectivity index (χ1) is 7.51. The smallest absolute Gasteiger partial charge is 0.350 e. The topological polar surface area (TPSA) is 67.5 Å². The second-order valence-corrected chi connectivity index (χ2v) is 3.78. The van der Waals surface area contributed by atoms with Gasteiger partial charge >= 0.3 is 5.63 Å². The summed E-state index contributed by atoms with van der Waals surface area (Å²) in [6.45, 7) is 5.47. The summed E-state index contributed by atoms with van der Waals surface area (Å²) in [7, 11) is 0. The van der Waals surface area contributed by atoms with Gasteiger partial charge < -0.3 is 9.52 Å². The third-order valence-electron chi connectivity index (χ3n) is 2.65. The Kier molecular flexibility index (Phi) is 3.88. The molecule has 0 radical (unpaired) electrons. The van der Waals surface area contributed by atoms with Crippen molar-refractivity contribution in [1.82, 2.24) is 0 Å². The van der Waals surface area contributed by atoms with Crippen molar-refractivity contribution < 1.29 is 14.3 Å². The minimum absolute atomic E-state index is 0.0457. The lowest BCUT2D eigenvalue weighted by molar-refractivity contribution is 0.0980. The lowest BCUT2D eigenvalue weighted by Gasteiger charge is -2.08. The molecule has 1 N–H and O–H groups in total. The van der Waals surface area contributed by atoms with Gasteiger partial charge in [-0.2, -0.15) is 0 Å². The van der Waals surface area contributed by atoms with Crippen LogP contribution in [0.5, 0.6) is 5.75 Å². The Morgan fingerprint density at radius 1 is 1.50 bits per heavy atom. The molecule has 4 heteroatoms. The molecular weight excluding hydrogens is 208 g/mol. The molecule has 0 saturated heterocycles. The lowest BCUT2D eigenvalue weighted by atomic mass is 10.0. The van der Waals surface area contributed by atoms with Crippen molar-refractivity contribution in [3.8, 4) is 5.75 Å². The Labute approximate surface area is 93.9 Å². The minimum Gasteiger partial charge on any atom is -0.507 e. The monoisotopic (exact) mass is 224 g/mol. The van der Waals surface area contributed by atoms with E-state index in [1.165, 1.54) is 6.07 Å². The molecule has 0 amide bonds. The van der Waals surface area contributed by atoms with E-state index in [2.05, 4.69) is 0 Å². The molecule has 16 heavy (non-hydrogen) atoms. The molecule has 4 nitrogen and oxygen atoms in total. The molecule has 1 heterocycles. The summed E-state index contributed by atoms with van der Waals surface area (Å²) in [4.78, 5) is 22.9. The molecule has 0 fully saturated rings. The summed E-state index contributed by atoms with van der Waals surface area (Å²) in [5.74, 6) is -0.220. The van der Waals surface area contributed by atoms with Crippen molar-refractivity contribution in [3.05, 3.63) is 27.8 Å². The molecule has 88 valence electrons. The van der Waals surface area contributed by atoms with E-state index in [1.807, 2.05) is 13.8 Å². The van der Waals surface area contributed by atoms with Crippen molar-refractivity contribution in [2.45, 2.75) is 39.5 Å². The molecule has 0 aromatic carbocycles. The van der Waals surface area contributed by atoms with Gasteiger partial charge in [-0.1, -0.05) is 20.8 Å². The van der Waals surface area contributed by atoms with Gasteiger partial charge in [-0.05, 0) is 6.42 Å². The van der Waals surface area contributed by atoms with E-state index in [9.17, 15) is 14.7 Å². The summed E-state index contributed by atoms with van der Waals surface area (Å²) in [5.41, 5.74) is -0.989. The first-order valence-corrected chi connectivity index (χ1v) is 5.41. The number of carbonyl (C=O) groups is 1. The Hall–Kier alpha value is -1.58. The van der Waals surface area contributed by atoms with Crippen molar-refractivity contribution in [2.75, 3.05) is 0 Å². The quantitative estimate of drug-likeness (QED) is 0.797. The van der Waals surface area contributed by atoms with Crippen LogP contribution in [0.25, 0.3) is 0 Å². The Bertz CT molecular complexity index is 445. The maximum atomic E-state index is 11.5. The Morgan fingerprint density at radius 3 is 2.56 bits per heavy atom. The molecule has 0 spiro atoms. The number of hydrogen-bond donors (Lipinski definition) is 1. The van der Waals surface area contributed by atoms with Gasteiger partial charge in [0.2, 0.25) is 0 Å². The summed E-state index contributed by atoms with van der Waals surface area (Å²) in [5, 5.41) is 9.64. The fourth-order valence-electron chi connectivity index (χ4n) is 1.38. The molecule has 1 aromatic heterocycles. The Morgan fingerprint density at radius 2 is 2.12 bits per heavy atom. The third-order valence-corrected chi connectivity index (χ3v) is 2.65. The van der Waals surface area contributed by atoms with Crippen molar-refractivity contribution >= 4 is 5.78 Å². The van der Waals surface area contributed by atoms with Crippen LogP contribution in [-0.2, 0) is 0 Å². The Balaban J connectivity index is 3.28. The third kappa shape index (κ3) is 2.32. The first kappa shape index (κ1) is 12.5. The van der Waals surface area contributed by atoms with Gasteiger partial charge in [-0.3, -0.25) is 4.79 Å². The SMILES string of the molecule is CCC(=O)c1c(O)cc(C(C)CC)oc1=O. The lowest BCUT2D eigenvalue weighted by Crippen LogP contribution is -2.15. The van der Waals surface area contributed by atoms with E-state index in [0.29, 0.717) is 5.76 Å². The minimum atomic E-state index is -0.748. The van der Waals surface area contributed by atoms with Gasteiger partial charge in [0.05, 0.1) is 0 Å². The molecule has 0 aliphatic carbocycles. The maximum absolute atomic E-state index is 11.5. The van der Waals surface area contributed by atoms with E-state index in [4.69, 9.17) is 4.42 Å². The van der Waals surface area contributed by atoms with E-state index in [-0.39, 0.29) is 23.7 Å². The molecule has 1 atom stereocenters. The van der Waals surface area contributed by atoms with Crippen LogP contribution in [0.4, 0.5) is 0 Å². The second-order valence-electron chi connectivity index (χ2n) is 3.78. The molecule has 1 aromatic rings. The van der Waals surface area contributed by atoms with Crippen molar-refractivity contribution in [3.63, 3.8) is 0 Å². The van der Waals surface area contributed by atoms with Crippen LogP contribution < -0.4 is 5.63 Å². The average Bonchev–Trinajstić information content (AvgIpc) is 2.26. The van der Waals surface area contributed by atoms with Gasteiger partial charge in [0.1, 0.15) is 17.1 Å². The first-order valence-electron chi connectivity index (χ1n) is 5.41. The second kappa shape index (κ2) is 4.96. The molecule has 0 aliphatic heterocycles. The summed E-state index contributed by atoms with van der Waals surface area (Å²) < 4.78 is 5.03. The summed E-state index contributed by atoms with van der Waals surface area (Å²) in [6, 6.07) is 1.36. The fourth-order valence-corrected chi connectivity index (χ4v) is 1.38. The molecule has 1 unspecified atom stereocenters. The van der Waals surface area contributed by atoms with Gasteiger partial charge in [0.25, 0.3) is 0 Å². The largest absolute Gasteiger partial charge is 0.507 e. The number of Topliss-reactive ketones (excluding diaryl/α,β-unsaturated/α-hetero) is 1. The van der Waals surface area contributed by atoms with Crippen LogP contribution >= 0.6 is 0 Å². The highest BCUT2D eigenvalue weighted by atomic mass is 16.4. The van der Waals surface area contributed by atoms with Crippen LogP contribution in [0, 0.1) is 0 Å². The van der Waals surface area contributed by atoms with E-state index >= 15 is 0 Å². The predicted octanol–water partition coefficient (Wildman–Crippen LogP) is 2.45. The van der Waals surface area contributed by atoms with Gasteiger partial charge in [-0.25, -0.2) is 4.79 Å². The maximum Gasteiger partial charge on any atom is 0.350 e. The van der Waals surface area contributed by atoms with Crippen LogP contribution in [0.3, 0.4) is 0 Å². The van der Waals surface area contributed by atoms with Gasteiger partial charge in [0, 0.05) is 18.4 Å². The number of aromatic hydroxyl groups is 1. The average molecular weight is 224 g/mol. The molecular formula is C12H16O4. The highest BCUT2D eigenvalue weighted by molar-refractivity contribution is 5.97. The van der Waals surface area contributed by atoms with E-state index in [1.54, 1.807) is 6.92 Å². The number of hydrogen-bond acceptors (Lipinski definition) is 4. The van der Waals surface area contributed by atoms with Crippen LogP contribution in [-0.4, -0.2) is 10.9 Å². The molecule has 0 bridgehead atoms. The normalized spacial score (nSPS) is 12.4. The standard InChI is InChI=1S/C12H16O4/c1-4-7(3)10-6-9(14)11(8(13)5-2)12(15)16-10/h6-7,14H,4-5H2,1-3H3. The molecule has 0 saturated carbocycles. The zero-order chi connectivity index (χ0) is 12.3. The summed E-state index contributed by atoms with van der Waals surface area (Å²) in [6.07, 6.45) is 0.963. The molecule has 0 aliphatic rings. The van der Waals surface area contributed by atoms with Crippen LogP contribution in [0.15, 0.2) is 15.3 Å². The number of rotatable bonds is 4. The van der Waals surface area contributed by atoms with E-state index in [0.717, 1.165) is 6.42 Å². The van der Waals surface area contributed by atoms with Crippen molar-refractivity contribution in [1.29, 1.82) is 0 Å². The zero-order valence-electron chi connectivity index (χ0n) is 9.74. The predicted molar refractivity (Wildman–Crippen MR) is 60.0 cm³/mol. The van der Waals surface area contributed by atoms with Crippen LogP contribution in [0.1, 0.15) is 55.6 Å². The zero-order valence-corrected chi connectivity index (χ0v) is 9.74. The number of ketones is 1. The highest BCUT2D eigenvalue weighted by Crippen LogP contribution is 2.23. The summed E-state index contributed by atoms with van der Waals surface area (Å²) >= 11 is 0.